The van der Waals surface area contributed by atoms with Crippen LogP contribution in [0.4, 0.5) is 0 Å². The Labute approximate surface area is 135 Å². The number of piperazine rings is 1. The lowest BCUT2D eigenvalue weighted by atomic mass is 10.0. The summed E-state index contributed by atoms with van der Waals surface area (Å²) < 4.78 is 0. The summed E-state index contributed by atoms with van der Waals surface area (Å²) in [5.74, 6) is -0.184. The van der Waals surface area contributed by atoms with E-state index in [4.69, 9.17) is 0 Å². The molecule has 0 bridgehead atoms. The van der Waals surface area contributed by atoms with Crippen LogP contribution in [0.2, 0.25) is 0 Å². The zero-order valence-electron chi connectivity index (χ0n) is 13.2. The molecule has 1 aliphatic rings. The normalized spacial score (nSPS) is 18.7. The number of nitrogens with one attached hydrogen (secondary N) is 2. The quantitative estimate of drug-likeness (QED) is 0.894. The Kier molecular flexibility index (Phi) is 4.57. The van der Waals surface area contributed by atoms with Crippen LogP contribution in [0.5, 0.6) is 0 Å². The summed E-state index contributed by atoms with van der Waals surface area (Å²) in [5.41, 5.74) is 1.15. The highest BCUT2D eigenvalue weighted by molar-refractivity contribution is 5.88. The SMILES string of the molecule is CNC(=O)C[C@H]1C(=O)NCCN1Cc1ccc2ccccc2c1. The third-order valence-corrected chi connectivity index (χ3v) is 4.30. The second-order valence-corrected chi connectivity index (χ2v) is 5.84. The minimum atomic E-state index is -0.407. The van der Waals surface area contributed by atoms with E-state index >= 15 is 0 Å². The fourth-order valence-corrected chi connectivity index (χ4v) is 3.02. The van der Waals surface area contributed by atoms with Crippen LogP contribution >= 0.6 is 0 Å². The van der Waals surface area contributed by atoms with Crippen molar-refractivity contribution in [2.24, 2.45) is 0 Å². The molecule has 2 amide bonds. The van der Waals surface area contributed by atoms with Crippen LogP contribution in [0.3, 0.4) is 0 Å². The maximum atomic E-state index is 12.1. The number of nitrogens with zero attached hydrogens (tertiary/aromatic N) is 1. The van der Waals surface area contributed by atoms with Crippen molar-refractivity contribution in [1.82, 2.24) is 15.5 Å². The summed E-state index contributed by atoms with van der Waals surface area (Å²) in [6.45, 7) is 2.04. The summed E-state index contributed by atoms with van der Waals surface area (Å²) in [4.78, 5) is 25.9. The van der Waals surface area contributed by atoms with Crippen LogP contribution in [-0.2, 0) is 16.1 Å². The van der Waals surface area contributed by atoms with E-state index < -0.39 is 6.04 Å². The predicted molar refractivity (Wildman–Crippen MR) is 89.8 cm³/mol. The fourth-order valence-electron chi connectivity index (χ4n) is 3.02. The van der Waals surface area contributed by atoms with E-state index in [-0.39, 0.29) is 18.2 Å². The van der Waals surface area contributed by atoms with E-state index in [0.717, 1.165) is 12.1 Å². The first-order chi connectivity index (χ1) is 11.2. The minimum Gasteiger partial charge on any atom is -0.359 e. The first kappa shape index (κ1) is 15.5. The van der Waals surface area contributed by atoms with Gasteiger partial charge in [-0.2, -0.15) is 0 Å². The molecule has 2 aromatic rings. The Balaban J connectivity index is 1.79. The van der Waals surface area contributed by atoms with E-state index in [2.05, 4.69) is 45.9 Å². The van der Waals surface area contributed by atoms with E-state index in [1.54, 1.807) is 7.05 Å². The lowest BCUT2D eigenvalue weighted by Crippen LogP contribution is -2.55. The topological polar surface area (TPSA) is 61.4 Å². The molecule has 0 saturated carbocycles. The van der Waals surface area contributed by atoms with Crippen LogP contribution in [0.25, 0.3) is 10.8 Å². The molecule has 1 atom stereocenters. The molecule has 3 rings (SSSR count). The first-order valence-corrected chi connectivity index (χ1v) is 7.87. The van der Waals surface area contributed by atoms with E-state index in [1.165, 1.54) is 10.8 Å². The molecule has 2 N–H and O–H groups in total. The first-order valence-electron chi connectivity index (χ1n) is 7.87. The van der Waals surface area contributed by atoms with Crippen molar-refractivity contribution in [3.8, 4) is 0 Å². The molecule has 5 nitrogen and oxygen atoms in total. The molecule has 120 valence electrons. The second kappa shape index (κ2) is 6.79. The number of carbonyl (C=O) groups excluding carboxylic acids is 2. The van der Waals surface area contributed by atoms with Gasteiger partial charge in [0.1, 0.15) is 0 Å². The van der Waals surface area contributed by atoms with Crippen molar-refractivity contribution in [1.29, 1.82) is 0 Å². The van der Waals surface area contributed by atoms with Crippen molar-refractivity contribution in [2.75, 3.05) is 20.1 Å². The van der Waals surface area contributed by atoms with Crippen LogP contribution < -0.4 is 10.6 Å². The number of carbonyl (C=O) groups is 2. The molecule has 1 heterocycles. The molecule has 1 saturated heterocycles. The number of rotatable bonds is 4. The van der Waals surface area contributed by atoms with Crippen molar-refractivity contribution >= 4 is 22.6 Å². The van der Waals surface area contributed by atoms with E-state index in [0.29, 0.717) is 13.1 Å². The van der Waals surface area contributed by atoms with E-state index in [9.17, 15) is 9.59 Å². The number of fused-ring (bicyclic) bond motifs is 1. The molecule has 1 fully saturated rings. The average Bonchev–Trinajstić information content (AvgIpc) is 2.57. The van der Waals surface area contributed by atoms with Gasteiger partial charge < -0.3 is 10.6 Å². The summed E-state index contributed by atoms with van der Waals surface area (Å²) in [6, 6.07) is 14.2. The zero-order chi connectivity index (χ0) is 16.2. The highest BCUT2D eigenvalue weighted by Gasteiger charge is 2.31. The van der Waals surface area contributed by atoms with Gasteiger partial charge >= 0.3 is 0 Å². The van der Waals surface area contributed by atoms with Gasteiger partial charge in [-0.05, 0) is 22.4 Å². The van der Waals surface area contributed by atoms with Gasteiger partial charge in [0.15, 0.2) is 0 Å². The Morgan fingerprint density at radius 1 is 1.26 bits per heavy atom. The predicted octanol–water partition coefficient (Wildman–Crippen LogP) is 1.28. The molecular formula is C18H21N3O2. The molecule has 0 radical (unpaired) electrons. The molecule has 1 aliphatic heterocycles. The average molecular weight is 311 g/mol. The molecular weight excluding hydrogens is 290 g/mol. The molecule has 0 aromatic heterocycles. The van der Waals surface area contributed by atoms with Crippen molar-refractivity contribution < 1.29 is 9.59 Å². The molecule has 23 heavy (non-hydrogen) atoms. The van der Waals surface area contributed by atoms with Gasteiger partial charge in [0.2, 0.25) is 11.8 Å². The standard InChI is InChI=1S/C18H21N3O2/c1-19-17(22)11-16-18(23)20-8-9-21(16)12-13-6-7-14-4-2-3-5-15(14)10-13/h2-7,10,16H,8-9,11-12H2,1H3,(H,19,22)(H,20,23)/t16-/m0/s1. The summed E-state index contributed by atoms with van der Waals surface area (Å²) >= 11 is 0. The lowest BCUT2D eigenvalue weighted by molar-refractivity contribution is -0.134. The van der Waals surface area contributed by atoms with Gasteiger partial charge in [-0.1, -0.05) is 36.4 Å². The highest BCUT2D eigenvalue weighted by Crippen LogP contribution is 2.19. The van der Waals surface area contributed by atoms with Gasteiger partial charge in [-0.15, -0.1) is 0 Å². The van der Waals surface area contributed by atoms with Crippen molar-refractivity contribution in [3.05, 3.63) is 48.0 Å². The Morgan fingerprint density at radius 2 is 2.04 bits per heavy atom. The smallest absolute Gasteiger partial charge is 0.237 e. The molecule has 0 spiro atoms. The van der Waals surface area contributed by atoms with Gasteiger partial charge in [0.25, 0.3) is 0 Å². The molecule has 0 aliphatic carbocycles. The van der Waals surface area contributed by atoms with Crippen LogP contribution in [0.1, 0.15) is 12.0 Å². The Bertz CT molecular complexity index is 729. The molecule has 0 unspecified atom stereocenters. The molecule has 5 heteroatoms. The highest BCUT2D eigenvalue weighted by atomic mass is 16.2. The fraction of sp³-hybridized carbons (Fsp3) is 0.333. The second-order valence-electron chi connectivity index (χ2n) is 5.84. The Morgan fingerprint density at radius 3 is 2.83 bits per heavy atom. The lowest BCUT2D eigenvalue weighted by Gasteiger charge is -2.34. The minimum absolute atomic E-state index is 0.0689. The maximum Gasteiger partial charge on any atom is 0.237 e. The molecule has 2 aromatic carbocycles. The van der Waals surface area contributed by atoms with Crippen molar-refractivity contribution in [2.45, 2.75) is 19.0 Å². The monoisotopic (exact) mass is 311 g/mol. The van der Waals surface area contributed by atoms with Gasteiger partial charge in [0, 0.05) is 26.7 Å². The third kappa shape index (κ3) is 3.51. The number of hydrogen-bond acceptors (Lipinski definition) is 3. The van der Waals surface area contributed by atoms with Gasteiger partial charge in [-0.25, -0.2) is 0 Å². The summed E-state index contributed by atoms with van der Waals surface area (Å²) in [7, 11) is 1.59. The van der Waals surface area contributed by atoms with Crippen molar-refractivity contribution in [3.63, 3.8) is 0 Å². The zero-order valence-corrected chi connectivity index (χ0v) is 13.2. The maximum absolute atomic E-state index is 12.1. The van der Waals surface area contributed by atoms with Gasteiger partial charge in [-0.3, -0.25) is 14.5 Å². The summed E-state index contributed by atoms with van der Waals surface area (Å²) in [6.07, 6.45) is 0.190. The van der Waals surface area contributed by atoms with Crippen LogP contribution in [0.15, 0.2) is 42.5 Å². The summed E-state index contributed by atoms with van der Waals surface area (Å²) in [5, 5.41) is 7.83. The third-order valence-electron chi connectivity index (χ3n) is 4.30. The van der Waals surface area contributed by atoms with Gasteiger partial charge in [0.05, 0.1) is 12.5 Å². The number of amides is 2. The number of hydrogen-bond donors (Lipinski definition) is 2. The Hall–Kier alpha value is -2.40. The largest absolute Gasteiger partial charge is 0.359 e. The van der Waals surface area contributed by atoms with Crippen LogP contribution in [0, 0.1) is 0 Å². The van der Waals surface area contributed by atoms with Crippen LogP contribution in [-0.4, -0.2) is 42.9 Å². The van der Waals surface area contributed by atoms with E-state index in [1.807, 2.05) is 12.1 Å². The number of benzene rings is 2.